The SMILES string of the molecule is CCOc1cccc(Oc2ccccc2C(C)N)c1. The average Bonchev–Trinajstić information content (AvgIpc) is 2.40. The van der Waals surface area contributed by atoms with Crippen LogP contribution in [0.15, 0.2) is 48.5 Å². The van der Waals surface area contributed by atoms with E-state index < -0.39 is 0 Å². The molecule has 0 saturated carbocycles. The monoisotopic (exact) mass is 257 g/mol. The van der Waals surface area contributed by atoms with Crippen LogP contribution in [0.5, 0.6) is 17.2 Å². The third kappa shape index (κ3) is 3.48. The molecule has 0 fully saturated rings. The second-order valence-electron chi connectivity index (χ2n) is 4.34. The number of ether oxygens (including phenoxy) is 2. The Bertz CT molecular complexity index is 538. The van der Waals surface area contributed by atoms with E-state index in [4.69, 9.17) is 15.2 Å². The zero-order chi connectivity index (χ0) is 13.7. The molecule has 100 valence electrons. The average molecular weight is 257 g/mol. The number of hydrogen-bond donors (Lipinski definition) is 1. The summed E-state index contributed by atoms with van der Waals surface area (Å²) in [7, 11) is 0. The highest BCUT2D eigenvalue weighted by Crippen LogP contribution is 2.30. The fraction of sp³-hybridized carbons (Fsp3) is 0.250. The van der Waals surface area contributed by atoms with Gasteiger partial charge < -0.3 is 15.2 Å². The van der Waals surface area contributed by atoms with Gasteiger partial charge in [-0.2, -0.15) is 0 Å². The van der Waals surface area contributed by atoms with Crippen LogP contribution in [-0.4, -0.2) is 6.61 Å². The third-order valence-corrected chi connectivity index (χ3v) is 2.75. The molecule has 1 atom stereocenters. The van der Waals surface area contributed by atoms with Gasteiger partial charge in [-0.15, -0.1) is 0 Å². The predicted octanol–water partition coefficient (Wildman–Crippen LogP) is 3.90. The fourth-order valence-corrected chi connectivity index (χ4v) is 1.87. The molecule has 0 aliphatic carbocycles. The summed E-state index contributed by atoms with van der Waals surface area (Å²) >= 11 is 0. The molecule has 2 N–H and O–H groups in total. The van der Waals surface area contributed by atoms with Crippen LogP contribution in [-0.2, 0) is 0 Å². The molecule has 2 aromatic rings. The van der Waals surface area contributed by atoms with Crippen molar-refractivity contribution < 1.29 is 9.47 Å². The van der Waals surface area contributed by atoms with E-state index in [9.17, 15) is 0 Å². The summed E-state index contributed by atoms with van der Waals surface area (Å²) in [5.41, 5.74) is 6.93. The largest absolute Gasteiger partial charge is 0.494 e. The van der Waals surface area contributed by atoms with Crippen molar-refractivity contribution in [1.82, 2.24) is 0 Å². The smallest absolute Gasteiger partial charge is 0.132 e. The number of rotatable bonds is 5. The summed E-state index contributed by atoms with van der Waals surface area (Å²) in [6.45, 7) is 4.54. The van der Waals surface area contributed by atoms with Crippen molar-refractivity contribution in [1.29, 1.82) is 0 Å². The fourth-order valence-electron chi connectivity index (χ4n) is 1.87. The molecule has 0 radical (unpaired) electrons. The second-order valence-corrected chi connectivity index (χ2v) is 4.34. The van der Waals surface area contributed by atoms with Crippen LogP contribution in [0.4, 0.5) is 0 Å². The Kier molecular flexibility index (Phi) is 4.42. The Balaban J connectivity index is 2.23. The molecule has 3 nitrogen and oxygen atoms in total. The zero-order valence-corrected chi connectivity index (χ0v) is 11.3. The maximum Gasteiger partial charge on any atom is 0.132 e. The topological polar surface area (TPSA) is 44.5 Å². The van der Waals surface area contributed by atoms with Gasteiger partial charge in [-0.3, -0.25) is 0 Å². The van der Waals surface area contributed by atoms with Gasteiger partial charge >= 0.3 is 0 Å². The molecule has 0 saturated heterocycles. The first-order valence-corrected chi connectivity index (χ1v) is 6.46. The molecule has 0 aliphatic heterocycles. The van der Waals surface area contributed by atoms with Gasteiger partial charge in [-0.05, 0) is 32.0 Å². The van der Waals surface area contributed by atoms with Crippen molar-refractivity contribution in [2.75, 3.05) is 6.61 Å². The molecule has 0 bridgehead atoms. The number of nitrogens with two attached hydrogens (primary N) is 1. The van der Waals surface area contributed by atoms with Gasteiger partial charge in [0.05, 0.1) is 6.61 Å². The molecular weight excluding hydrogens is 238 g/mol. The van der Waals surface area contributed by atoms with Crippen LogP contribution >= 0.6 is 0 Å². The normalized spacial score (nSPS) is 11.9. The Morgan fingerprint density at radius 1 is 1.05 bits per heavy atom. The molecule has 0 aliphatic rings. The zero-order valence-electron chi connectivity index (χ0n) is 11.3. The van der Waals surface area contributed by atoms with Crippen molar-refractivity contribution in [3.05, 3.63) is 54.1 Å². The minimum absolute atomic E-state index is 0.0636. The third-order valence-electron chi connectivity index (χ3n) is 2.75. The van der Waals surface area contributed by atoms with E-state index in [-0.39, 0.29) is 6.04 Å². The van der Waals surface area contributed by atoms with E-state index in [0.29, 0.717) is 6.61 Å². The minimum atomic E-state index is -0.0636. The van der Waals surface area contributed by atoms with E-state index in [1.165, 1.54) is 0 Å². The highest BCUT2D eigenvalue weighted by molar-refractivity contribution is 5.41. The van der Waals surface area contributed by atoms with E-state index in [1.807, 2.05) is 62.4 Å². The number of hydrogen-bond acceptors (Lipinski definition) is 3. The van der Waals surface area contributed by atoms with Gasteiger partial charge in [0, 0.05) is 17.7 Å². The molecule has 0 amide bonds. The van der Waals surface area contributed by atoms with Crippen LogP contribution < -0.4 is 15.2 Å². The second kappa shape index (κ2) is 6.25. The minimum Gasteiger partial charge on any atom is -0.494 e. The first kappa shape index (κ1) is 13.4. The van der Waals surface area contributed by atoms with E-state index in [0.717, 1.165) is 22.8 Å². The van der Waals surface area contributed by atoms with Crippen molar-refractivity contribution in [3.8, 4) is 17.2 Å². The Morgan fingerprint density at radius 2 is 1.79 bits per heavy atom. The Hall–Kier alpha value is -2.00. The van der Waals surface area contributed by atoms with Gasteiger partial charge in [0.25, 0.3) is 0 Å². The summed E-state index contributed by atoms with van der Waals surface area (Å²) in [6, 6.07) is 15.3. The van der Waals surface area contributed by atoms with Crippen LogP contribution in [0, 0.1) is 0 Å². The summed E-state index contributed by atoms with van der Waals surface area (Å²) in [5, 5.41) is 0. The first-order chi connectivity index (χ1) is 9.20. The van der Waals surface area contributed by atoms with Gasteiger partial charge in [-0.1, -0.05) is 24.3 Å². The molecule has 2 rings (SSSR count). The number of benzene rings is 2. The van der Waals surface area contributed by atoms with Crippen LogP contribution in [0.25, 0.3) is 0 Å². The first-order valence-electron chi connectivity index (χ1n) is 6.46. The van der Waals surface area contributed by atoms with Crippen molar-refractivity contribution in [2.24, 2.45) is 5.73 Å². The van der Waals surface area contributed by atoms with Crippen molar-refractivity contribution in [2.45, 2.75) is 19.9 Å². The van der Waals surface area contributed by atoms with Gasteiger partial charge in [-0.25, -0.2) is 0 Å². The molecule has 0 aromatic heterocycles. The van der Waals surface area contributed by atoms with E-state index in [2.05, 4.69) is 0 Å². The predicted molar refractivity (Wildman–Crippen MR) is 76.7 cm³/mol. The Labute approximate surface area is 114 Å². The standard InChI is InChI=1S/C16H19NO2/c1-3-18-13-7-6-8-14(11-13)19-16-10-5-4-9-15(16)12(2)17/h4-12H,3,17H2,1-2H3. The lowest BCUT2D eigenvalue weighted by Crippen LogP contribution is -2.06. The molecule has 0 heterocycles. The van der Waals surface area contributed by atoms with Gasteiger partial charge in [0.2, 0.25) is 0 Å². The lowest BCUT2D eigenvalue weighted by molar-refractivity contribution is 0.338. The van der Waals surface area contributed by atoms with Crippen molar-refractivity contribution >= 4 is 0 Å². The summed E-state index contributed by atoms with van der Waals surface area (Å²) in [5.74, 6) is 2.34. The molecule has 0 spiro atoms. The van der Waals surface area contributed by atoms with Crippen LogP contribution in [0.2, 0.25) is 0 Å². The van der Waals surface area contributed by atoms with Crippen LogP contribution in [0.1, 0.15) is 25.5 Å². The molecule has 2 aromatic carbocycles. The molecule has 19 heavy (non-hydrogen) atoms. The summed E-state index contributed by atoms with van der Waals surface area (Å²) in [6.07, 6.45) is 0. The van der Waals surface area contributed by atoms with Gasteiger partial charge in [0.15, 0.2) is 0 Å². The van der Waals surface area contributed by atoms with Gasteiger partial charge in [0.1, 0.15) is 17.2 Å². The Morgan fingerprint density at radius 3 is 2.53 bits per heavy atom. The van der Waals surface area contributed by atoms with E-state index >= 15 is 0 Å². The highest BCUT2D eigenvalue weighted by Gasteiger charge is 2.08. The van der Waals surface area contributed by atoms with Crippen molar-refractivity contribution in [3.63, 3.8) is 0 Å². The molecule has 3 heteroatoms. The quantitative estimate of drug-likeness (QED) is 0.883. The summed E-state index contributed by atoms with van der Waals surface area (Å²) in [4.78, 5) is 0. The molecular formula is C16H19NO2. The lowest BCUT2D eigenvalue weighted by atomic mass is 10.1. The lowest BCUT2D eigenvalue weighted by Gasteiger charge is -2.14. The van der Waals surface area contributed by atoms with E-state index in [1.54, 1.807) is 0 Å². The number of para-hydroxylation sites is 1. The molecule has 1 unspecified atom stereocenters. The summed E-state index contributed by atoms with van der Waals surface area (Å²) < 4.78 is 11.4. The maximum absolute atomic E-state index is 5.94. The van der Waals surface area contributed by atoms with Crippen LogP contribution in [0.3, 0.4) is 0 Å². The maximum atomic E-state index is 5.94. The highest BCUT2D eigenvalue weighted by atomic mass is 16.5.